The van der Waals surface area contributed by atoms with E-state index in [0.717, 1.165) is 5.56 Å². The summed E-state index contributed by atoms with van der Waals surface area (Å²) in [5.41, 5.74) is 1.55. The molecule has 0 aliphatic heterocycles. The van der Waals surface area contributed by atoms with E-state index in [1.54, 1.807) is 13.0 Å². The van der Waals surface area contributed by atoms with Crippen molar-refractivity contribution in [1.82, 2.24) is 0 Å². The van der Waals surface area contributed by atoms with Crippen molar-refractivity contribution in [2.45, 2.75) is 6.92 Å². The molecule has 0 bridgehead atoms. The molecule has 0 spiro atoms. The van der Waals surface area contributed by atoms with Crippen LogP contribution in [-0.4, -0.2) is 18.8 Å². The van der Waals surface area contributed by atoms with Crippen molar-refractivity contribution in [3.8, 4) is 11.8 Å². The van der Waals surface area contributed by atoms with E-state index in [1.807, 2.05) is 6.07 Å². The molecule has 15 heavy (non-hydrogen) atoms. The smallest absolute Gasteiger partial charge is 0.177 e. The number of benzene rings is 1. The number of alkyl halides is 1. The Balaban J connectivity index is 3.33. The monoisotopic (exact) mass is 223 g/mol. The first kappa shape index (κ1) is 11.5. The fourth-order valence-corrected chi connectivity index (χ4v) is 1.52. The quantitative estimate of drug-likeness (QED) is 0.584. The van der Waals surface area contributed by atoms with Gasteiger partial charge >= 0.3 is 0 Å². The highest BCUT2D eigenvalue weighted by atomic mass is 35.5. The summed E-state index contributed by atoms with van der Waals surface area (Å²) < 4.78 is 5.07. The molecule has 0 amide bonds. The summed E-state index contributed by atoms with van der Waals surface area (Å²) in [5, 5.41) is 8.88. The highest BCUT2D eigenvalue weighted by Crippen LogP contribution is 2.24. The van der Waals surface area contributed by atoms with Gasteiger partial charge in [0.2, 0.25) is 0 Å². The van der Waals surface area contributed by atoms with Gasteiger partial charge < -0.3 is 4.74 Å². The molecule has 0 aromatic heterocycles. The molecule has 1 rings (SSSR count). The maximum Gasteiger partial charge on any atom is 0.177 e. The summed E-state index contributed by atoms with van der Waals surface area (Å²) in [6.45, 7) is 1.78. The first-order valence-corrected chi connectivity index (χ1v) is 4.85. The van der Waals surface area contributed by atoms with E-state index < -0.39 is 0 Å². The molecule has 0 unspecified atom stereocenters. The molecule has 0 atom stereocenters. The van der Waals surface area contributed by atoms with Gasteiger partial charge in [0, 0.05) is 5.56 Å². The van der Waals surface area contributed by atoms with Crippen LogP contribution >= 0.6 is 11.6 Å². The zero-order valence-corrected chi connectivity index (χ0v) is 9.26. The zero-order valence-electron chi connectivity index (χ0n) is 8.50. The molecular weight excluding hydrogens is 214 g/mol. The van der Waals surface area contributed by atoms with Crippen LogP contribution in [0.1, 0.15) is 21.5 Å². The second kappa shape index (κ2) is 4.81. The molecule has 0 radical (unpaired) electrons. The fourth-order valence-electron chi connectivity index (χ4n) is 1.37. The minimum Gasteiger partial charge on any atom is -0.495 e. The predicted molar refractivity (Wildman–Crippen MR) is 57.5 cm³/mol. The van der Waals surface area contributed by atoms with E-state index in [-0.39, 0.29) is 11.7 Å². The molecule has 0 saturated heterocycles. The lowest BCUT2D eigenvalue weighted by molar-refractivity contribution is 0.102. The third-order valence-electron chi connectivity index (χ3n) is 2.04. The van der Waals surface area contributed by atoms with Crippen LogP contribution in [0.25, 0.3) is 0 Å². The van der Waals surface area contributed by atoms with E-state index in [0.29, 0.717) is 16.9 Å². The number of nitrogens with zero attached hydrogens (tertiary/aromatic N) is 1. The lowest BCUT2D eigenvalue weighted by Crippen LogP contribution is -2.03. The minimum atomic E-state index is -0.195. The van der Waals surface area contributed by atoms with Crippen LogP contribution in [0.2, 0.25) is 0 Å². The number of carbonyl (C=O) groups excluding carboxylic acids is 1. The summed E-state index contributed by atoms with van der Waals surface area (Å²) in [4.78, 5) is 11.4. The molecule has 0 saturated carbocycles. The maximum atomic E-state index is 11.4. The molecule has 1 aromatic rings. The first-order chi connectivity index (χ1) is 7.13. The number of carbonyl (C=O) groups is 1. The molecule has 3 nitrogen and oxygen atoms in total. The summed E-state index contributed by atoms with van der Waals surface area (Å²) in [7, 11) is 1.49. The Labute approximate surface area is 93.2 Å². The third kappa shape index (κ3) is 2.28. The Hall–Kier alpha value is -1.53. The number of nitriles is 1. The van der Waals surface area contributed by atoms with E-state index in [9.17, 15) is 4.79 Å². The van der Waals surface area contributed by atoms with E-state index >= 15 is 0 Å². The van der Waals surface area contributed by atoms with Crippen LogP contribution in [0.3, 0.4) is 0 Å². The number of hydrogen-bond acceptors (Lipinski definition) is 3. The van der Waals surface area contributed by atoms with E-state index in [4.69, 9.17) is 21.6 Å². The third-order valence-corrected chi connectivity index (χ3v) is 2.29. The van der Waals surface area contributed by atoms with Gasteiger partial charge in [-0.25, -0.2) is 0 Å². The van der Waals surface area contributed by atoms with Crippen molar-refractivity contribution in [2.24, 2.45) is 0 Å². The molecule has 0 heterocycles. The van der Waals surface area contributed by atoms with Gasteiger partial charge in [-0.1, -0.05) is 0 Å². The Kier molecular flexibility index (Phi) is 3.70. The van der Waals surface area contributed by atoms with Crippen molar-refractivity contribution in [2.75, 3.05) is 13.0 Å². The van der Waals surface area contributed by atoms with E-state index in [2.05, 4.69) is 0 Å². The van der Waals surface area contributed by atoms with Gasteiger partial charge in [0.25, 0.3) is 0 Å². The average molecular weight is 224 g/mol. The van der Waals surface area contributed by atoms with Crippen molar-refractivity contribution in [3.63, 3.8) is 0 Å². The average Bonchev–Trinajstić information content (AvgIpc) is 2.26. The van der Waals surface area contributed by atoms with Gasteiger partial charge in [-0.05, 0) is 24.6 Å². The predicted octanol–water partition coefficient (Wildman–Crippen LogP) is 2.30. The molecule has 0 aliphatic carbocycles. The molecular formula is C11H10ClNO2. The van der Waals surface area contributed by atoms with Crippen LogP contribution in [-0.2, 0) is 0 Å². The number of rotatable bonds is 3. The second-order valence-corrected chi connectivity index (χ2v) is 3.31. The Morgan fingerprint density at radius 3 is 2.73 bits per heavy atom. The summed E-state index contributed by atoms with van der Waals surface area (Å²) in [5.74, 6) is 0.221. The zero-order chi connectivity index (χ0) is 11.4. The number of hydrogen-bond donors (Lipinski definition) is 0. The number of aryl methyl sites for hydroxylation is 1. The largest absolute Gasteiger partial charge is 0.495 e. The minimum absolute atomic E-state index is 0.0867. The van der Waals surface area contributed by atoms with Crippen molar-refractivity contribution >= 4 is 17.4 Å². The summed E-state index contributed by atoms with van der Waals surface area (Å²) in [6, 6.07) is 5.15. The molecule has 78 valence electrons. The summed E-state index contributed by atoms with van der Waals surface area (Å²) >= 11 is 5.44. The normalized spacial score (nSPS) is 9.47. The topological polar surface area (TPSA) is 50.1 Å². The second-order valence-electron chi connectivity index (χ2n) is 3.04. The molecule has 1 aromatic carbocycles. The number of Topliss-reactive ketones (excluding diaryl/α,β-unsaturated/α-hetero) is 1. The van der Waals surface area contributed by atoms with Crippen LogP contribution in [0.15, 0.2) is 12.1 Å². The highest BCUT2D eigenvalue weighted by molar-refractivity contribution is 6.30. The van der Waals surface area contributed by atoms with Crippen LogP contribution < -0.4 is 4.74 Å². The Bertz CT molecular complexity index is 435. The van der Waals surface area contributed by atoms with Crippen molar-refractivity contribution in [3.05, 3.63) is 28.8 Å². The number of halogens is 1. The maximum absolute atomic E-state index is 11.4. The number of methoxy groups -OCH3 is 1. The highest BCUT2D eigenvalue weighted by Gasteiger charge is 2.12. The summed E-state index contributed by atoms with van der Waals surface area (Å²) in [6.07, 6.45) is 0. The van der Waals surface area contributed by atoms with Crippen LogP contribution in [0.4, 0.5) is 0 Å². The van der Waals surface area contributed by atoms with Crippen LogP contribution in [0, 0.1) is 18.3 Å². The van der Waals surface area contributed by atoms with Gasteiger partial charge in [-0.3, -0.25) is 4.79 Å². The lowest BCUT2D eigenvalue weighted by Gasteiger charge is -2.08. The van der Waals surface area contributed by atoms with Gasteiger partial charge in [-0.2, -0.15) is 5.26 Å². The number of ether oxygens (including phenoxy) is 1. The molecule has 0 fully saturated rings. The van der Waals surface area contributed by atoms with Gasteiger partial charge in [-0.15, -0.1) is 11.6 Å². The van der Waals surface area contributed by atoms with Gasteiger partial charge in [0.15, 0.2) is 5.78 Å². The van der Waals surface area contributed by atoms with Crippen LogP contribution in [0.5, 0.6) is 5.75 Å². The van der Waals surface area contributed by atoms with Gasteiger partial charge in [0.1, 0.15) is 11.8 Å². The molecule has 0 N–H and O–H groups in total. The Morgan fingerprint density at radius 2 is 2.27 bits per heavy atom. The standard InChI is InChI=1S/C11H10ClNO2/c1-7-3-8(10(14)5-12)4-9(6-13)11(7)15-2/h3-4H,5H2,1-2H3. The SMILES string of the molecule is COc1c(C)cc(C(=O)CCl)cc1C#N. The molecule has 4 heteroatoms. The first-order valence-electron chi connectivity index (χ1n) is 4.32. The fraction of sp³-hybridized carbons (Fsp3) is 0.273. The lowest BCUT2D eigenvalue weighted by atomic mass is 10.0. The van der Waals surface area contributed by atoms with Gasteiger partial charge in [0.05, 0.1) is 18.6 Å². The van der Waals surface area contributed by atoms with Crippen molar-refractivity contribution < 1.29 is 9.53 Å². The van der Waals surface area contributed by atoms with E-state index in [1.165, 1.54) is 13.2 Å². The molecule has 0 aliphatic rings. The van der Waals surface area contributed by atoms with Crippen molar-refractivity contribution in [1.29, 1.82) is 5.26 Å². The number of ketones is 1. The Morgan fingerprint density at radius 1 is 1.60 bits per heavy atom.